The number of benzene rings is 1. The fourth-order valence-electron chi connectivity index (χ4n) is 5.51. The van der Waals surface area contributed by atoms with Gasteiger partial charge in [0.25, 0.3) is 5.56 Å². The summed E-state index contributed by atoms with van der Waals surface area (Å²) in [4.78, 5) is 28.4. The van der Waals surface area contributed by atoms with Gasteiger partial charge in [0.15, 0.2) is 0 Å². The largest absolute Gasteiger partial charge is 0.369 e. The smallest absolute Gasteiger partial charge is 0.258 e. The van der Waals surface area contributed by atoms with E-state index in [9.17, 15) is 4.79 Å². The van der Waals surface area contributed by atoms with Gasteiger partial charge in [0.1, 0.15) is 0 Å². The van der Waals surface area contributed by atoms with Crippen LogP contribution in [0, 0.1) is 5.41 Å². The molecule has 0 atom stereocenters. The molecule has 1 aliphatic carbocycles. The van der Waals surface area contributed by atoms with Crippen LogP contribution < -0.4 is 10.5 Å². The van der Waals surface area contributed by atoms with Crippen LogP contribution in [-0.4, -0.2) is 78.6 Å². The van der Waals surface area contributed by atoms with E-state index in [0.717, 1.165) is 67.5 Å². The molecule has 1 aromatic carbocycles. The summed E-state index contributed by atoms with van der Waals surface area (Å²) in [5.41, 5.74) is 5.88. The van der Waals surface area contributed by atoms with Gasteiger partial charge in [-0.05, 0) is 64.0 Å². The summed E-state index contributed by atoms with van der Waals surface area (Å²) in [7, 11) is 0. The first-order chi connectivity index (χ1) is 19.4. The first-order valence-corrected chi connectivity index (χ1v) is 15.0. The molecule has 0 aromatic heterocycles. The molecule has 2 N–H and O–H groups in total. The first kappa shape index (κ1) is 29.7. The summed E-state index contributed by atoms with van der Waals surface area (Å²) in [5, 5.41) is 8.34. The Morgan fingerprint density at radius 3 is 2.33 bits per heavy atom. The van der Waals surface area contributed by atoms with Crippen LogP contribution >= 0.6 is 0 Å². The number of hydrogen-bond acceptors (Lipinski definition) is 6. The van der Waals surface area contributed by atoms with Crippen molar-refractivity contribution in [2.24, 2.45) is 4.99 Å². The van der Waals surface area contributed by atoms with E-state index in [0.29, 0.717) is 17.0 Å². The third kappa shape index (κ3) is 7.46. The predicted octanol–water partition coefficient (Wildman–Crippen LogP) is 6.03. The molecule has 2 heterocycles. The monoisotopic (exact) mass is 542 g/mol. The zero-order chi connectivity index (χ0) is 28.5. The average molecular weight is 543 g/mol. The maximum absolute atomic E-state index is 12.8. The Bertz CT molecular complexity index is 1310. The Balaban J connectivity index is 1.47. The number of nitrogens with zero attached hydrogens (tertiary/aromatic N) is 4. The number of aromatic amines is 1. The number of fused-ring (bicyclic) bond motifs is 1. The third-order valence-electron chi connectivity index (χ3n) is 7.94. The normalized spacial score (nSPS) is 14.8. The summed E-state index contributed by atoms with van der Waals surface area (Å²) in [6.07, 6.45) is 5.06. The molecule has 3 aliphatic rings. The standard InChI is InChI=1S/C33H46N6O/c1-5-7-16-37(17-8-6-2)18-19-38-20-22-39(23-21-38)27-14-15-28(25(3)34)31(24-27)35-26(4)32-29-12-10-9-11-13-30(29)36-33(32)40/h9-15,24,34H,5-8,16-23H2,1-4H3,(H,36,40). The molecule has 0 unspecified atom stereocenters. The molecular weight excluding hydrogens is 496 g/mol. The van der Waals surface area contributed by atoms with E-state index in [-0.39, 0.29) is 5.56 Å². The van der Waals surface area contributed by atoms with Crippen molar-refractivity contribution in [2.75, 3.05) is 57.3 Å². The van der Waals surface area contributed by atoms with Crippen LogP contribution in [0.2, 0.25) is 0 Å². The number of rotatable bonds is 13. The minimum absolute atomic E-state index is 0.134. The van der Waals surface area contributed by atoms with Crippen molar-refractivity contribution in [3.05, 3.63) is 70.0 Å². The molecule has 0 amide bonds. The van der Waals surface area contributed by atoms with Crippen LogP contribution in [0.4, 0.5) is 11.4 Å². The van der Waals surface area contributed by atoms with Crippen molar-refractivity contribution in [1.29, 1.82) is 5.41 Å². The molecule has 0 bridgehead atoms. The van der Waals surface area contributed by atoms with Gasteiger partial charge in [-0.25, -0.2) is 0 Å². The molecule has 7 nitrogen and oxygen atoms in total. The van der Waals surface area contributed by atoms with Gasteiger partial charge in [-0.1, -0.05) is 51.0 Å². The maximum Gasteiger partial charge on any atom is 0.258 e. The summed E-state index contributed by atoms with van der Waals surface area (Å²) in [6, 6.07) is 15.9. The molecule has 0 radical (unpaired) electrons. The highest BCUT2D eigenvalue weighted by atomic mass is 16.1. The van der Waals surface area contributed by atoms with Crippen molar-refractivity contribution in [1.82, 2.24) is 14.8 Å². The highest BCUT2D eigenvalue weighted by Crippen LogP contribution is 2.29. The van der Waals surface area contributed by atoms with Crippen LogP contribution in [-0.2, 0) is 0 Å². The van der Waals surface area contributed by atoms with Crippen molar-refractivity contribution >= 4 is 22.8 Å². The lowest BCUT2D eigenvalue weighted by Gasteiger charge is -2.37. The highest BCUT2D eigenvalue weighted by molar-refractivity contribution is 6.08. The highest BCUT2D eigenvalue weighted by Gasteiger charge is 2.20. The summed E-state index contributed by atoms with van der Waals surface area (Å²) < 4.78 is 0. The number of piperazine rings is 1. The Morgan fingerprint density at radius 1 is 0.950 bits per heavy atom. The topological polar surface area (TPSA) is 78.8 Å². The fourth-order valence-corrected chi connectivity index (χ4v) is 5.51. The van der Waals surface area contributed by atoms with Gasteiger partial charge < -0.3 is 20.2 Å². The number of nitrogens with one attached hydrogen (secondary N) is 2. The summed E-state index contributed by atoms with van der Waals surface area (Å²) in [6.45, 7) is 17.0. The van der Waals surface area contributed by atoms with E-state index >= 15 is 0 Å². The number of H-pyrrole nitrogens is 1. The van der Waals surface area contributed by atoms with Gasteiger partial charge in [0.2, 0.25) is 0 Å². The van der Waals surface area contributed by atoms with Gasteiger partial charge in [-0.15, -0.1) is 0 Å². The number of anilines is 1. The number of hydrogen-bond donors (Lipinski definition) is 2. The lowest BCUT2D eigenvalue weighted by Crippen LogP contribution is -2.48. The van der Waals surface area contributed by atoms with Gasteiger partial charge >= 0.3 is 0 Å². The number of unbranched alkanes of at least 4 members (excludes halogenated alkanes) is 2. The minimum atomic E-state index is -0.134. The molecule has 2 aliphatic heterocycles. The summed E-state index contributed by atoms with van der Waals surface area (Å²) in [5.74, 6) is 0. The van der Waals surface area contributed by atoms with Gasteiger partial charge in [0, 0.05) is 67.5 Å². The van der Waals surface area contributed by atoms with Crippen molar-refractivity contribution in [3.8, 4) is 11.3 Å². The Labute approximate surface area is 239 Å². The van der Waals surface area contributed by atoms with E-state index in [1.807, 2.05) is 43.3 Å². The Hall–Kier alpha value is -3.29. The molecule has 1 saturated heterocycles. The molecule has 1 fully saturated rings. The predicted molar refractivity (Wildman–Crippen MR) is 169 cm³/mol. The van der Waals surface area contributed by atoms with Gasteiger partial charge in [0.05, 0.1) is 17.0 Å². The molecule has 7 heteroatoms. The zero-order valence-corrected chi connectivity index (χ0v) is 24.8. The number of aromatic nitrogens is 1. The molecule has 1 aromatic rings. The molecule has 0 saturated carbocycles. The van der Waals surface area contributed by atoms with Crippen molar-refractivity contribution in [2.45, 2.75) is 53.4 Å². The zero-order valence-electron chi connectivity index (χ0n) is 24.8. The van der Waals surface area contributed by atoms with Gasteiger partial charge in [-0.2, -0.15) is 0 Å². The lowest BCUT2D eigenvalue weighted by molar-refractivity contribution is 0.193. The van der Waals surface area contributed by atoms with E-state index in [1.54, 1.807) is 6.92 Å². The van der Waals surface area contributed by atoms with E-state index in [1.165, 1.54) is 38.8 Å². The molecule has 40 heavy (non-hydrogen) atoms. The maximum atomic E-state index is 12.8. The van der Waals surface area contributed by atoms with E-state index in [4.69, 9.17) is 10.4 Å². The Kier molecular flexibility index (Phi) is 10.7. The molecule has 214 valence electrons. The van der Waals surface area contributed by atoms with E-state index < -0.39 is 0 Å². The minimum Gasteiger partial charge on any atom is -0.369 e. The second kappa shape index (κ2) is 14.4. The van der Waals surface area contributed by atoms with Crippen LogP contribution in [0.5, 0.6) is 0 Å². The summed E-state index contributed by atoms with van der Waals surface area (Å²) >= 11 is 0. The van der Waals surface area contributed by atoms with Gasteiger partial charge in [-0.3, -0.25) is 14.7 Å². The average Bonchev–Trinajstić information content (AvgIpc) is 3.10. The Morgan fingerprint density at radius 2 is 1.65 bits per heavy atom. The second-order valence-corrected chi connectivity index (χ2v) is 11.0. The van der Waals surface area contributed by atoms with Crippen molar-refractivity contribution < 1.29 is 0 Å². The molecule has 0 spiro atoms. The lowest BCUT2D eigenvalue weighted by atomic mass is 10.0. The SMILES string of the molecule is CCCCN(CCCC)CCN1CCN(c2ccc(C(C)=N)c(N=C(C)c3c4cccccc-4[nH]c3=O)c2)CC1. The molecule has 4 rings (SSSR count). The number of aliphatic imine (C=N–C) groups is 1. The van der Waals surface area contributed by atoms with Crippen LogP contribution in [0.15, 0.2) is 58.3 Å². The van der Waals surface area contributed by atoms with Crippen LogP contribution in [0.1, 0.15) is 64.5 Å². The fraction of sp³-hybridized carbons (Fsp3) is 0.485. The van der Waals surface area contributed by atoms with Crippen LogP contribution in [0.3, 0.4) is 0 Å². The van der Waals surface area contributed by atoms with Crippen molar-refractivity contribution in [3.63, 3.8) is 0 Å². The van der Waals surface area contributed by atoms with E-state index in [2.05, 4.69) is 45.7 Å². The van der Waals surface area contributed by atoms with Crippen LogP contribution in [0.25, 0.3) is 11.3 Å². The quantitative estimate of drug-likeness (QED) is 0.259. The second-order valence-electron chi connectivity index (χ2n) is 11.0. The first-order valence-electron chi connectivity index (χ1n) is 15.0. The molecular formula is C33H46N6O. The third-order valence-corrected chi connectivity index (χ3v) is 7.94.